The molecule has 2 aliphatic rings. The maximum Gasteiger partial charge on any atom is 0.416 e. The van der Waals surface area contributed by atoms with Gasteiger partial charge in [-0.05, 0) is 41.8 Å². The molecule has 2 aliphatic heterocycles. The minimum atomic E-state index is -4.36. The van der Waals surface area contributed by atoms with Crippen molar-refractivity contribution >= 4 is 17.4 Å². The van der Waals surface area contributed by atoms with Gasteiger partial charge in [0.15, 0.2) is 0 Å². The van der Waals surface area contributed by atoms with Crippen molar-refractivity contribution < 1.29 is 22.8 Å². The van der Waals surface area contributed by atoms with E-state index < -0.39 is 17.3 Å². The van der Waals surface area contributed by atoms with Crippen LogP contribution in [-0.4, -0.2) is 29.6 Å². The molecule has 0 radical (unpaired) electrons. The molecule has 2 N–H and O–H groups in total. The summed E-state index contributed by atoms with van der Waals surface area (Å²) < 4.78 is 38.4. The fourth-order valence-corrected chi connectivity index (χ4v) is 4.12. The average molecular weight is 445 g/mol. The molecule has 1 spiro atoms. The SMILES string of the molecule is CCCc1ccccc1NC(=O)N1CCC2(C=C(c3ccc(C(F)(F)F)cc3)NO2)CC1. The Hall–Kier alpha value is -3.00. The number of halogens is 3. The Balaban J connectivity index is 1.38. The summed E-state index contributed by atoms with van der Waals surface area (Å²) in [6.07, 6.45) is 0.634. The van der Waals surface area contributed by atoms with Crippen molar-refractivity contribution in [2.45, 2.75) is 44.4 Å². The zero-order valence-electron chi connectivity index (χ0n) is 17.8. The van der Waals surface area contributed by atoms with E-state index in [2.05, 4.69) is 17.7 Å². The lowest BCUT2D eigenvalue weighted by Crippen LogP contribution is -2.48. The highest BCUT2D eigenvalue weighted by molar-refractivity contribution is 5.90. The molecule has 32 heavy (non-hydrogen) atoms. The summed E-state index contributed by atoms with van der Waals surface area (Å²) in [6.45, 7) is 3.13. The standard InChI is InChI=1S/C24H26F3N3O2/c1-2-5-17-6-3-4-7-20(17)28-22(31)30-14-12-23(13-15-30)16-21(29-32-23)18-8-10-19(11-9-18)24(25,26)27/h3-4,6-11,16,29H,2,5,12-15H2,1H3,(H,28,31). The number of amides is 2. The molecular weight excluding hydrogens is 419 g/mol. The number of likely N-dealkylation sites (tertiary alicyclic amines) is 1. The number of benzene rings is 2. The number of carbonyl (C=O) groups is 1. The first-order valence-corrected chi connectivity index (χ1v) is 10.8. The third-order valence-electron chi connectivity index (χ3n) is 5.97. The van der Waals surface area contributed by atoms with Gasteiger partial charge in [0, 0.05) is 31.6 Å². The molecule has 1 fully saturated rings. The predicted molar refractivity (Wildman–Crippen MR) is 117 cm³/mol. The highest BCUT2D eigenvalue weighted by atomic mass is 19.4. The van der Waals surface area contributed by atoms with Gasteiger partial charge in [-0.15, -0.1) is 0 Å². The second-order valence-corrected chi connectivity index (χ2v) is 8.23. The van der Waals surface area contributed by atoms with Crippen LogP contribution in [0.1, 0.15) is 42.9 Å². The summed E-state index contributed by atoms with van der Waals surface area (Å²) in [6, 6.07) is 12.7. The zero-order chi connectivity index (χ0) is 22.8. The van der Waals surface area contributed by atoms with Gasteiger partial charge < -0.3 is 10.2 Å². The van der Waals surface area contributed by atoms with Crippen LogP contribution in [0.5, 0.6) is 0 Å². The topological polar surface area (TPSA) is 53.6 Å². The Labute approximate surface area is 185 Å². The fourth-order valence-electron chi connectivity index (χ4n) is 4.12. The number of urea groups is 1. The predicted octanol–water partition coefficient (Wildman–Crippen LogP) is 5.60. The number of nitrogens with zero attached hydrogens (tertiary/aromatic N) is 1. The van der Waals surface area contributed by atoms with Gasteiger partial charge in [-0.2, -0.15) is 13.2 Å². The number of anilines is 1. The van der Waals surface area contributed by atoms with Crippen LogP contribution in [0.25, 0.3) is 5.70 Å². The normalized spacial score (nSPS) is 17.8. The molecule has 0 saturated carbocycles. The van der Waals surface area contributed by atoms with E-state index in [9.17, 15) is 18.0 Å². The molecule has 4 rings (SSSR count). The van der Waals surface area contributed by atoms with E-state index in [0.29, 0.717) is 37.2 Å². The number of hydrogen-bond acceptors (Lipinski definition) is 3. The molecule has 2 amide bonds. The number of piperidine rings is 1. The minimum Gasteiger partial charge on any atom is -0.324 e. The number of rotatable bonds is 4. The molecule has 0 unspecified atom stereocenters. The van der Waals surface area contributed by atoms with Crippen LogP contribution in [0, 0.1) is 0 Å². The van der Waals surface area contributed by atoms with Crippen molar-refractivity contribution in [1.29, 1.82) is 0 Å². The second-order valence-electron chi connectivity index (χ2n) is 8.23. The molecule has 0 atom stereocenters. The maximum absolute atomic E-state index is 12.8. The molecule has 2 aromatic carbocycles. The third-order valence-corrected chi connectivity index (χ3v) is 5.97. The van der Waals surface area contributed by atoms with Crippen molar-refractivity contribution in [2.75, 3.05) is 18.4 Å². The molecule has 0 bridgehead atoms. The molecule has 2 heterocycles. The van der Waals surface area contributed by atoms with Crippen LogP contribution >= 0.6 is 0 Å². The van der Waals surface area contributed by atoms with E-state index in [1.54, 1.807) is 4.90 Å². The largest absolute Gasteiger partial charge is 0.416 e. The summed E-state index contributed by atoms with van der Waals surface area (Å²) >= 11 is 0. The van der Waals surface area contributed by atoms with Crippen LogP contribution in [0.4, 0.5) is 23.7 Å². The fraction of sp³-hybridized carbons (Fsp3) is 0.375. The van der Waals surface area contributed by atoms with E-state index in [-0.39, 0.29) is 6.03 Å². The van der Waals surface area contributed by atoms with Crippen molar-refractivity contribution in [1.82, 2.24) is 10.4 Å². The Bertz CT molecular complexity index is 994. The van der Waals surface area contributed by atoms with Gasteiger partial charge >= 0.3 is 12.2 Å². The average Bonchev–Trinajstić information content (AvgIpc) is 3.19. The first kappa shape index (κ1) is 22.2. The Kier molecular flexibility index (Phi) is 6.15. The first-order chi connectivity index (χ1) is 15.3. The Morgan fingerprint density at radius 1 is 1.12 bits per heavy atom. The lowest BCUT2D eigenvalue weighted by molar-refractivity contribution is -0.137. The van der Waals surface area contributed by atoms with E-state index in [4.69, 9.17) is 4.84 Å². The van der Waals surface area contributed by atoms with Crippen LogP contribution in [0.15, 0.2) is 54.6 Å². The van der Waals surface area contributed by atoms with Gasteiger partial charge in [0.2, 0.25) is 0 Å². The van der Waals surface area contributed by atoms with Crippen molar-refractivity contribution in [2.24, 2.45) is 0 Å². The summed E-state index contributed by atoms with van der Waals surface area (Å²) in [5.41, 5.74) is 4.82. The van der Waals surface area contributed by atoms with Crippen molar-refractivity contribution in [3.05, 3.63) is 71.3 Å². The lowest BCUT2D eigenvalue weighted by Gasteiger charge is -2.36. The molecule has 5 nitrogen and oxygen atoms in total. The molecule has 8 heteroatoms. The smallest absolute Gasteiger partial charge is 0.324 e. The number of hydroxylamine groups is 1. The van der Waals surface area contributed by atoms with Crippen molar-refractivity contribution in [3.8, 4) is 0 Å². The van der Waals surface area contributed by atoms with Crippen molar-refractivity contribution in [3.63, 3.8) is 0 Å². The summed E-state index contributed by atoms with van der Waals surface area (Å²) in [7, 11) is 0. The lowest BCUT2D eigenvalue weighted by atomic mass is 9.90. The number of alkyl halides is 3. The number of aryl methyl sites for hydroxylation is 1. The van der Waals surface area contributed by atoms with E-state index in [1.165, 1.54) is 12.1 Å². The number of para-hydroxylation sites is 1. The summed E-state index contributed by atoms with van der Waals surface area (Å²) in [4.78, 5) is 20.4. The molecular formula is C24H26F3N3O2. The Morgan fingerprint density at radius 3 is 2.47 bits per heavy atom. The quantitative estimate of drug-likeness (QED) is 0.644. The van der Waals surface area contributed by atoms with Crippen LogP contribution in [0.3, 0.4) is 0 Å². The summed E-state index contributed by atoms with van der Waals surface area (Å²) in [5, 5.41) is 3.02. The highest BCUT2D eigenvalue weighted by Gasteiger charge is 2.40. The third kappa shape index (κ3) is 4.75. The van der Waals surface area contributed by atoms with Gasteiger partial charge in [0.25, 0.3) is 0 Å². The first-order valence-electron chi connectivity index (χ1n) is 10.8. The van der Waals surface area contributed by atoms with Crippen LogP contribution in [0.2, 0.25) is 0 Å². The van der Waals surface area contributed by atoms with E-state index in [0.717, 1.165) is 36.2 Å². The zero-order valence-corrected chi connectivity index (χ0v) is 17.8. The second kappa shape index (κ2) is 8.86. The highest BCUT2D eigenvalue weighted by Crippen LogP contribution is 2.36. The monoisotopic (exact) mass is 445 g/mol. The van der Waals surface area contributed by atoms with Gasteiger partial charge in [0.1, 0.15) is 5.60 Å². The van der Waals surface area contributed by atoms with Gasteiger partial charge in [-0.25, -0.2) is 4.79 Å². The van der Waals surface area contributed by atoms with Gasteiger partial charge in [-0.1, -0.05) is 43.7 Å². The minimum absolute atomic E-state index is 0.138. The van der Waals surface area contributed by atoms with E-state index >= 15 is 0 Å². The van der Waals surface area contributed by atoms with Gasteiger partial charge in [0.05, 0.1) is 11.3 Å². The molecule has 170 valence electrons. The van der Waals surface area contributed by atoms with Gasteiger partial charge in [-0.3, -0.25) is 10.3 Å². The van der Waals surface area contributed by atoms with Crippen LogP contribution < -0.4 is 10.8 Å². The molecule has 0 aromatic heterocycles. The Morgan fingerprint density at radius 2 is 1.81 bits per heavy atom. The van der Waals surface area contributed by atoms with E-state index in [1.807, 2.05) is 30.3 Å². The van der Waals surface area contributed by atoms with Crippen LogP contribution in [-0.2, 0) is 17.4 Å². The maximum atomic E-state index is 12.8. The molecule has 0 aliphatic carbocycles. The number of nitrogens with one attached hydrogen (secondary N) is 2. The summed E-state index contributed by atoms with van der Waals surface area (Å²) in [5.74, 6) is 0. The molecule has 2 aromatic rings. The molecule has 1 saturated heterocycles. The number of hydrogen-bond donors (Lipinski definition) is 2. The number of carbonyl (C=O) groups excluding carboxylic acids is 1.